The van der Waals surface area contributed by atoms with Crippen LogP contribution in [-0.4, -0.2) is 9.97 Å². The summed E-state index contributed by atoms with van der Waals surface area (Å²) in [6.45, 7) is 0. The van der Waals surface area contributed by atoms with Crippen LogP contribution >= 0.6 is 0 Å². The van der Waals surface area contributed by atoms with Gasteiger partial charge in [0.1, 0.15) is 11.0 Å². The van der Waals surface area contributed by atoms with Gasteiger partial charge in [0, 0.05) is 45.3 Å². The highest BCUT2D eigenvalue weighted by atomic mass is 16.4. The number of para-hydroxylation sites is 4. The second kappa shape index (κ2) is 21.2. The van der Waals surface area contributed by atoms with Crippen LogP contribution in [0.1, 0.15) is 22.3 Å². The number of benzene rings is 12. The van der Waals surface area contributed by atoms with Crippen molar-refractivity contribution in [3.63, 3.8) is 0 Å². The molecular formula is C75H52N4O2. The van der Waals surface area contributed by atoms with Crippen LogP contribution in [0.15, 0.2) is 324 Å². The van der Waals surface area contributed by atoms with E-state index in [1.54, 1.807) is 0 Å². The van der Waals surface area contributed by atoms with E-state index in [0.29, 0.717) is 11.8 Å². The van der Waals surface area contributed by atoms with E-state index in [2.05, 4.69) is 277 Å². The van der Waals surface area contributed by atoms with E-state index < -0.39 is 5.41 Å². The fourth-order valence-electron chi connectivity index (χ4n) is 11.4. The Bertz CT molecular complexity index is 4110. The number of oxazole rings is 2. The average Bonchev–Trinajstić information content (AvgIpc) is 4.37. The molecule has 12 aromatic carbocycles. The van der Waals surface area contributed by atoms with E-state index in [4.69, 9.17) is 18.8 Å². The normalized spacial score (nSPS) is 11.5. The van der Waals surface area contributed by atoms with Crippen LogP contribution in [-0.2, 0) is 5.41 Å². The van der Waals surface area contributed by atoms with Crippen LogP contribution in [0.2, 0.25) is 0 Å². The third-order valence-electron chi connectivity index (χ3n) is 15.2. The monoisotopic (exact) mass is 1040 g/mol. The van der Waals surface area contributed by atoms with Crippen LogP contribution in [0.4, 0.5) is 34.1 Å². The van der Waals surface area contributed by atoms with Crippen LogP contribution < -0.4 is 9.80 Å². The SMILES string of the molecule is c1ccc(-c2cccc(N(c3ccc(-c4nc5ccccc5o4)cc3)c3cccc(C(c4ccccc4)(c4ccccc4)c4cccc(N(c5ccc(-c6nc7ccccc7o6)cc5)c5cccc(-c6ccccc6)c5)c4)c3)c2)cc1. The molecule has 14 rings (SSSR count). The minimum atomic E-state index is -0.822. The number of fused-ring (bicyclic) bond motifs is 2. The molecule has 14 aromatic rings. The van der Waals surface area contributed by atoms with Gasteiger partial charge in [-0.15, -0.1) is 0 Å². The minimum Gasteiger partial charge on any atom is -0.436 e. The third kappa shape index (κ3) is 9.30. The molecule has 0 unspecified atom stereocenters. The molecule has 0 aliphatic rings. The van der Waals surface area contributed by atoms with E-state index >= 15 is 0 Å². The Balaban J connectivity index is 0.948. The first-order chi connectivity index (χ1) is 40.1. The van der Waals surface area contributed by atoms with Crippen molar-refractivity contribution in [2.45, 2.75) is 5.41 Å². The van der Waals surface area contributed by atoms with Gasteiger partial charge in [0.25, 0.3) is 0 Å². The lowest BCUT2D eigenvalue weighted by atomic mass is 9.65. The Morgan fingerprint density at radius 3 is 0.951 bits per heavy atom. The molecule has 0 N–H and O–H groups in total. The summed E-state index contributed by atoms with van der Waals surface area (Å²) in [6.07, 6.45) is 0. The summed E-state index contributed by atoms with van der Waals surface area (Å²) in [5.41, 5.74) is 19.1. The van der Waals surface area contributed by atoms with E-state index in [9.17, 15) is 0 Å². The van der Waals surface area contributed by atoms with Crippen molar-refractivity contribution < 1.29 is 8.83 Å². The summed E-state index contributed by atoms with van der Waals surface area (Å²) in [7, 11) is 0. The molecule has 0 amide bonds. The second-order valence-electron chi connectivity index (χ2n) is 20.2. The molecular weight excluding hydrogens is 989 g/mol. The highest BCUT2D eigenvalue weighted by Gasteiger charge is 2.39. The zero-order chi connectivity index (χ0) is 54.0. The molecule has 6 nitrogen and oxygen atoms in total. The summed E-state index contributed by atoms with van der Waals surface area (Å²) in [6, 6.07) is 112. The minimum absolute atomic E-state index is 0.583. The molecule has 0 radical (unpaired) electrons. The summed E-state index contributed by atoms with van der Waals surface area (Å²) >= 11 is 0. The summed E-state index contributed by atoms with van der Waals surface area (Å²) in [4.78, 5) is 14.4. The number of hydrogen-bond acceptors (Lipinski definition) is 6. The van der Waals surface area contributed by atoms with Crippen LogP contribution in [0.3, 0.4) is 0 Å². The van der Waals surface area contributed by atoms with Gasteiger partial charge in [-0.25, -0.2) is 9.97 Å². The van der Waals surface area contributed by atoms with Crippen molar-refractivity contribution in [1.82, 2.24) is 9.97 Å². The van der Waals surface area contributed by atoms with Gasteiger partial charge in [-0.05, 0) is 166 Å². The lowest BCUT2D eigenvalue weighted by molar-refractivity contribution is 0.619. The molecule has 0 spiro atoms. The van der Waals surface area contributed by atoms with Crippen LogP contribution in [0, 0.1) is 0 Å². The quantitative estimate of drug-likeness (QED) is 0.101. The Kier molecular flexibility index (Phi) is 12.7. The zero-order valence-electron chi connectivity index (χ0n) is 44.1. The summed E-state index contributed by atoms with van der Waals surface area (Å²) < 4.78 is 12.5. The summed E-state index contributed by atoms with van der Waals surface area (Å²) in [5, 5.41) is 0. The number of nitrogens with zero attached hydrogens (tertiary/aromatic N) is 4. The van der Waals surface area contributed by atoms with Gasteiger partial charge in [-0.2, -0.15) is 0 Å². The van der Waals surface area contributed by atoms with Gasteiger partial charge in [0.05, 0.1) is 5.41 Å². The smallest absolute Gasteiger partial charge is 0.227 e. The average molecular weight is 1040 g/mol. The topological polar surface area (TPSA) is 58.5 Å². The molecule has 6 heteroatoms. The second-order valence-corrected chi connectivity index (χ2v) is 20.2. The zero-order valence-corrected chi connectivity index (χ0v) is 44.1. The molecule has 81 heavy (non-hydrogen) atoms. The first-order valence-electron chi connectivity index (χ1n) is 27.3. The van der Waals surface area contributed by atoms with Gasteiger partial charge in [0.2, 0.25) is 11.8 Å². The first kappa shape index (κ1) is 48.5. The molecule has 2 aromatic heterocycles. The van der Waals surface area contributed by atoms with Gasteiger partial charge in [0.15, 0.2) is 11.2 Å². The Labute approximate surface area is 470 Å². The van der Waals surface area contributed by atoms with E-state index in [0.717, 1.165) is 112 Å². The molecule has 2 heterocycles. The fraction of sp³-hybridized carbons (Fsp3) is 0.0133. The molecule has 0 saturated heterocycles. The largest absolute Gasteiger partial charge is 0.436 e. The maximum Gasteiger partial charge on any atom is 0.227 e. The van der Waals surface area contributed by atoms with Gasteiger partial charge < -0.3 is 18.6 Å². The molecule has 384 valence electrons. The van der Waals surface area contributed by atoms with E-state index in [1.165, 1.54) is 0 Å². The highest BCUT2D eigenvalue weighted by Crippen LogP contribution is 2.49. The molecule has 0 atom stereocenters. The third-order valence-corrected chi connectivity index (χ3v) is 15.2. The predicted molar refractivity (Wildman–Crippen MR) is 331 cm³/mol. The molecule has 0 fully saturated rings. The predicted octanol–water partition coefficient (Wildman–Crippen LogP) is 20.0. The molecule has 0 aliphatic heterocycles. The lowest BCUT2D eigenvalue weighted by Crippen LogP contribution is -2.31. The van der Waals surface area contributed by atoms with Crippen molar-refractivity contribution in [2.75, 3.05) is 9.80 Å². The van der Waals surface area contributed by atoms with Gasteiger partial charge in [-0.3, -0.25) is 0 Å². The maximum atomic E-state index is 6.26. The van der Waals surface area contributed by atoms with Gasteiger partial charge >= 0.3 is 0 Å². The van der Waals surface area contributed by atoms with Crippen molar-refractivity contribution in [3.8, 4) is 45.2 Å². The van der Waals surface area contributed by atoms with Crippen molar-refractivity contribution in [2.24, 2.45) is 0 Å². The van der Waals surface area contributed by atoms with Crippen molar-refractivity contribution >= 4 is 56.3 Å². The van der Waals surface area contributed by atoms with Gasteiger partial charge in [-0.1, -0.05) is 194 Å². The fourth-order valence-corrected chi connectivity index (χ4v) is 11.4. The molecule has 0 aliphatic carbocycles. The lowest BCUT2D eigenvalue weighted by Gasteiger charge is -2.38. The number of hydrogen-bond donors (Lipinski definition) is 0. The molecule has 0 saturated carbocycles. The standard InChI is InChI=1S/C75H52N4O2/c1-5-21-53(22-6-1)57-25-17-33-65(49-57)78(63-45-41-55(42-46-63)73-76-69-37-13-15-39-71(69)80-73)67-35-19-31-61(51-67)75(59-27-9-3-10-28-59,60-29-11-4-12-30-60)62-32-20-36-68(52-62)79(66-34-18-26-58(50-66)54-23-7-2-8-24-54)64-47-43-56(44-48-64)74-77-70-38-14-16-40-72(70)81-74/h1-52H. The molecule has 0 bridgehead atoms. The van der Waals surface area contributed by atoms with E-state index in [-0.39, 0.29) is 0 Å². The number of anilines is 6. The Morgan fingerprint density at radius 1 is 0.235 bits per heavy atom. The summed E-state index contributed by atoms with van der Waals surface area (Å²) in [5.74, 6) is 1.17. The van der Waals surface area contributed by atoms with Crippen LogP contribution in [0.25, 0.3) is 67.4 Å². The first-order valence-corrected chi connectivity index (χ1v) is 27.3. The van der Waals surface area contributed by atoms with Crippen molar-refractivity contribution in [3.05, 3.63) is 338 Å². The Morgan fingerprint density at radius 2 is 0.556 bits per heavy atom. The van der Waals surface area contributed by atoms with Crippen molar-refractivity contribution in [1.29, 1.82) is 0 Å². The maximum absolute atomic E-state index is 6.26. The Hall–Kier alpha value is -10.8. The number of aromatic nitrogens is 2. The van der Waals surface area contributed by atoms with Crippen LogP contribution in [0.5, 0.6) is 0 Å². The number of rotatable bonds is 14. The highest BCUT2D eigenvalue weighted by molar-refractivity contribution is 5.85. The van der Waals surface area contributed by atoms with E-state index in [1.807, 2.05) is 48.5 Å².